The van der Waals surface area contributed by atoms with Crippen LogP contribution in [0, 0.1) is 0 Å². The van der Waals surface area contributed by atoms with Crippen LogP contribution < -0.4 is 57.1 Å². The van der Waals surface area contributed by atoms with E-state index in [0.29, 0.717) is 6.04 Å². The zero-order valence-corrected chi connectivity index (χ0v) is 7.28. The Hall–Kier alpha value is 1.66. The van der Waals surface area contributed by atoms with Crippen LogP contribution in [0.3, 0.4) is 0 Å². The first-order chi connectivity index (χ1) is 1.73. The molecule has 3 heteroatoms. The maximum atomic E-state index is 5.11. The molecule has 0 aliphatic heterocycles. The minimum Gasteiger partial charge on any atom is -0.328 e. The summed E-state index contributed by atoms with van der Waals surface area (Å²) < 4.78 is 0. The number of rotatable bonds is 0. The molecule has 0 bridgehead atoms. The van der Waals surface area contributed by atoms with E-state index >= 15 is 0 Å². The Morgan fingerprint density at radius 2 is 1.33 bits per heavy atom. The summed E-state index contributed by atoms with van der Waals surface area (Å²) in [5.41, 5.74) is 5.11. The van der Waals surface area contributed by atoms with Crippen molar-refractivity contribution in [1.82, 2.24) is 0 Å². The van der Waals surface area contributed by atoms with Crippen LogP contribution in [-0.2, 0) is 0 Å². The fraction of sp³-hybridized carbons (Fsp3) is 1.00. The summed E-state index contributed by atoms with van der Waals surface area (Å²) in [6, 6.07) is 0.333. The summed E-state index contributed by atoms with van der Waals surface area (Å²) in [5.74, 6) is 0. The smallest absolute Gasteiger partial charge is 0.328 e. The molecule has 0 spiro atoms. The van der Waals surface area contributed by atoms with Gasteiger partial charge in [-0.15, -0.1) is 0 Å². The molecule has 0 saturated heterocycles. The minimum atomic E-state index is 0. The van der Waals surface area contributed by atoms with Gasteiger partial charge in [-0.1, -0.05) is 22.3 Å². The maximum Gasteiger partial charge on any atom is 1.00 e. The molecule has 0 atom stereocenters. The molecule has 0 aromatic heterocycles. The van der Waals surface area contributed by atoms with Gasteiger partial charge in [0.05, 0.1) is 0 Å². The summed E-state index contributed by atoms with van der Waals surface area (Å²) >= 11 is 0. The first-order valence-electron chi connectivity index (χ1n) is 1.49. The van der Waals surface area contributed by atoms with E-state index in [1.807, 2.05) is 13.8 Å². The zero-order chi connectivity index (χ0) is 3.58. The summed E-state index contributed by atoms with van der Waals surface area (Å²) in [6.45, 7) is 3.89. The van der Waals surface area contributed by atoms with Gasteiger partial charge in [-0.05, 0) is 6.04 Å². The van der Waals surface area contributed by atoms with Gasteiger partial charge >= 0.3 is 51.4 Å². The molecule has 0 heterocycles. The minimum absolute atomic E-state index is 0. The molecule has 0 amide bonds. The molecule has 0 aliphatic carbocycles. The molecule has 0 radical (unpaired) electrons. The molecule has 0 rings (SSSR count). The molecule has 2 N–H and O–H groups in total. The van der Waals surface area contributed by atoms with Crippen molar-refractivity contribution in [2.24, 2.45) is 5.73 Å². The first-order valence-corrected chi connectivity index (χ1v) is 1.49. The van der Waals surface area contributed by atoms with Gasteiger partial charge < -0.3 is 5.73 Å². The third-order valence-electron chi connectivity index (χ3n) is 0. The fourth-order valence-corrected chi connectivity index (χ4v) is 0. The standard InChI is InChI=1S/C3H9N.BH4.K/c1-3(2)4;;/h3H,4H2,1-2H3;1H4;/q;-1;+1. The van der Waals surface area contributed by atoms with Gasteiger partial charge in [0.25, 0.3) is 0 Å². The second-order valence-electron chi connectivity index (χ2n) is 1.24. The van der Waals surface area contributed by atoms with E-state index in [1.54, 1.807) is 0 Å². The van der Waals surface area contributed by atoms with Crippen molar-refractivity contribution in [1.29, 1.82) is 0 Å². The van der Waals surface area contributed by atoms with Crippen molar-refractivity contribution in [2.75, 3.05) is 0 Å². The van der Waals surface area contributed by atoms with E-state index in [-0.39, 0.29) is 59.8 Å². The van der Waals surface area contributed by atoms with Crippen LogP contribution in [0.2, 0.25) is 0 Å². The third kappa shape index (κ3) is 44.6. The SMILES string of the molecule is CC(C)N.[BH4-].[K+]. The summed E-state index contributed by atoms with van der Waals surface area (Å²) in [6.07, 6.45) is 0. The van der Waals surface area contributed by atoms with Crippen molar-refractivity contribution in [3.63, 3.8) is 0 Å². The van der Waals surface area contributed by atoms with E-state index in [4.69, 9.17) is 5.73 Å². The van der Waals surface area contributed by atoms with Gasteiger partial charge in [0, 0.05) is 0 Å². The Labute approximate surface area is 84.1 Å². The number of hydrogen-bond donors (Lipinski definition) is 1. The van der Waals surface area contributed by atoms with Crippen LogP contribution in [0.25, 0.3) is 0 Å². The van der Waals surface area contributed by atoms with E-state index in [2.05, 4.69) is 0 Å². The van der Waals surface area contributed by atoms with Crippen molar-refractivity contribution < 1.29 is 51.4 Å². The van der Waals surface area contributed by atoms with Crippen molar-refractivity contribution in [2.45, 2.75) is 19.9 Å². The molecule has 6 heavy (non-hydrogen) atoms. The summed E-state index contributed by atoms with van der Waals surface area (Å²) in [4.78, 5) is 0. The van der Waals surface area contributed by atoms with Gasteiger partial charge in [0.1, 0.15) is 0 Å². The van der Waals surface area contributed by atoms with E-state index in [0.717, 1.165) is 0 Å². The van der Waals surface area contributed by atoms with Crippen LogP contribution >= 0.6 is 0 Å². The average Bonchev–Trinajstić information content (AvgIpc) is 0.811. The summed E-state index contributed by atoms with van der Waals surface area (Å²) in [5, 5.41) is 0. The van der Waals surface area contributed by atoms with Gasteiger partial charge in [-0.2, -0.15) is 0 Å². The molecule has 1 nitrogen and oxygen atoms in total. The predicted octanol–water partition coefficient (Wildman–Crippen LogP) is -4.09. The Morgan fingerprint density at radius 3 is 1.33 bits per heavy atom. The van der Waals surface area contributed by atoms with Gasteiger partial charge in [-0.25, -0.2) is 0 Å². The Balaban J connectivity index is -0.0000000450. The van der Waals surface area contributed by atoms with Crippen molar-refractivity contribution in [3.8, 4) is 0 Å². The van der Waals surface area contributed by atoms with Crippen LogP contribution in [0.15, 0.2) is 0 Å². The van der Waals surface area contributed by atoms with Crippen LogP contribution in [0.1, 0.15) is 13.8 Å². The second-order valence-corrected chi connectivity index (χ2v) is 1.24. The largest absolute Gasteiger partial charge is 1.00 e. The Kier molecular flexibility index (Phi) is 25.6. The number of hydrogen-bond acceptors (Lipinski definition) is 1. The van der Waals surface area contributed by atoms with Crippen LogP contribution in [-0.4, -0.2) is 14.5 Å². The monoisotopic (exact) mass is 113 g/mol. The van der Waals surface area contributed by atoms with Gasteiger partial charge in [0.2, 0.25) is 0 Å². The fourth-order valence-electron chi connectivity index (χ4n) is 0. The molecular weight excluding hydrogens is 99.9 g/mol. The predicted molar refractivity (Wildman–Crippen MR) is 30.7 cm³/mol. The normalized spacial score (nSPS) is 6.00. The Bertz CT molecular complexity index is 15.5. The van der Waals surface area contributed by atoms with Crippen LogP contribution in [0.5, 0.6) is 0 Å². The zero-order valence-electron chi connectivity index (χ0n) is 4.15. The molecule has 0 fully saturated rings. The number of nitrogens with two attached hydrogens (primary N) is 1. The summed E-state index contributed by atoms with van der Waals surface area (Å²) in [7, 11) is 0. The second kappa shape index (κ2) is 9.83. The van der Waals surface area contributed by atoms with Gasteiger partial charge in [-0.3, -0.25) is 0 Å². The molecule has 0 unspecified atom stereocenters. The molecule has 0 aromatic rings. The van der Waals surface area contributed by atoms with Crippen LogP contribution in [0.4, 0.5) is 0 Å². The molecule has 0 aromatic carbocycles. The third-order valence-corrected chi connectivity index (χ3v) is 0. The van der Waals surface area contributed by atoms with Gasteiger partial charge in [0.15, 0.2) is 0 Å². The molecule has 0 saturated carbocycles. The molecule has 34 valence electrons. The van der Waals surface area contributed by atoms with E-state index < -0.39 is 0 Å². The molecule has 0 aliphatic rings. The van der Waals surface area contributed by atoms with Crippen molar-refractivity contribution >= 4 is 8.41 Å². The van der Waals surface area contributed by atoms with E-state index in [9.17, 15) is 0 Å². The molecular formula is C3H13BKN. The first kappa shape index (κ1) is 15.6. The quantitative estimate of drug-likeness (QED) is 0.317. The topological polar surface area (TPSA) is 26.0 Å². The average molecular weight is 113 g/mol. The van der Waals surface area contributed by atoms with E-state index in [1.165, 1.54) is 0 Å². The van der Waals surface area contributed by atoms with Crippen molar-refractivity contribution in [3.05, 3.63) is 0 Å². The maximum absolute atomic E-state index is 5.11. The Morgan fingerprint density at radius 1 is 1.33 bits per heavy atom.